The normalized spacial score (nSPS) is 16.4. The van der Waals surface area contributed by atoms with E-state index in [1.54, 1.807) is 6.08 Å². The molecule has 262 valence electrons. The van der Waals surface area contributed by atoms with Gasteiger partial charge in [-0.25, -0.2) is 4.98 Å². The van der Waals surface area contributed by atoms with Gasteiger partial charge in [0.25, 0.3) is 0 Å². The molecule has 0 radical (unpaired) electrons. The van der Waals surface area contributed by atoms with Gasteiger partial charge >= 0.3 is 11.9 Å². The lowest BCUT2D eigenvalue weighted by Gasteiger charge is -2.18. The minimum absolute atomic E-state index is 0.0389. The first kappa shape index (κ1) is 36.0. The van der Waals surface area contributed by atoms with Crippen LogP contribution in [0.1, 0.15) is 103 Å². The Kier molecular flexibility index (Phi) is 10.5. The smallest absolute Gasteiger partial charge is 0.305 e. The van der Waals surface area contributed by atoms with E-state index >= 15 is 0 Å². The van der Waals surface area contributed by atoms with Crippen LogP contribution in [0.2, 0.25) is 0 Å². The van der Waals surface area contributed by atoms with Gasteiger partial charge in [-0.3, -0.25) is 19.4 Å². The first-order chi connectivity index (χ1) is 23.7. The van der Waals surface area contributed by atoms with E-state index in [1.807, 2.05) is 58.0 Å². The van der Waals surface area contributed by atoms with Crippen LogP contribution in [0.5, 0.6) is 0 Å². The van der Waals surface area contributed by atoms with Crippen LogP contribution in [0.15, 0.2) is 37.4 Å². The molecular weight excluding hydrogens is 638 g/mol. The van der Waals surface area contributed by atoms with Crippen LogP contribution in [-0.4, -0.2) is 70.5 Å². The lowest BCUT2D eigenvalue weighted by Crippen LogP contribution is -2.44. The van der Waals surface area contributed by atoms with Crippen molar-refractivity contribution in [2.24, 2.45) is 0 Å². The standard InChI is InChI=1S/C38H43N5O7/c1-7-22-18(3)26-13-27-21(6)25(10-12-36(45)46)33(41-27)16-32-24(9-11-35(44)43-34(38(49)50)17-37(47)48)20(5)29(42-32)15-31-23(8-2)19(4)28(40-31)14-30(22)39-26/h7-8,13-16,21,25,34,38-40,49-50H,1-2,9-12,17H2,3-6H3,(H,43,44)(H,45,46)(H,47,48)/t21?,25?,34-/m0/s1. The molecule has 0 spiro atoms. The second-order valence-electron chi connectivity index (χ2n) is 12.9. The molecule has 0 aliphatic carbocycles. The molecule has 3 aromatic rings. The van der Waals surface area contributed by atoms with Crippen molar-refractivity contribution in [3.63, 3.8) is 0 Å². The maximum Gasteiger partial charge on any atom is 0.305 e. The Labute approximate surface area is 289 Å². The van der Waals surface area contributed by atoms with E-state index < -0.39 is 36.6 Å². The van der Waals surface area contributed by atoms with E-state index in [0.717, 1.165) is 61.2 Å². The monoisotopic (exact) mass is 681 g/mol. The van der Waals surface area contributed by atoms with Gasteiger partial charge in [0, 0.05) is 69.3 Å². The van der Waals surface area contributed by atoms with Crippen molar-refractivity contribution >= 4 is 63.2 Å². The van der Waals surface area contributed by atoms with Crippen LogP contribution < -0.4 is 5.32 Å². The van der Waals surface area contributed by atoms with Crippen molar-refractivity contribution in [1.29, 1.82) is 0 Å². The molecule has 2 aliphatic heterocycles. The largest absolute Gasteiger partial charge is 0.481 e. The number of aliphatic hydroxyl groups is 2. The minimum Gasteiger partial charge on any atom is -0.481 e. The molecule has 0 saturated heterocycles. The summed E-state index contributed by atoms with van der Waals surface area (Å²) < 4.78 is 0. The molecular formula is C38H43N5O7. The Morgan fingerprint density at radius 1 is 0.840 bits per heavy atom. The summed E-state index contributed by atoms with van der Waals surface area (Å²) in [6.45, 7) is 16.1. The van der Waals surface area contributed by atoms with Crippen LogP contribution in [0.4, 0.5) is 0 Å². The summed E-state index contributed by atoms with van der Waals surface area (Å²) in [7, 11) is 0. The fraction of sp³-hybridized carbons (Fsp3) is 0.342. The average molecular weight is 682 g/mol. The lowest BCUT2D eigenvalue weighted by atomic mass is 9.87. The maximum atomic E-state index is 12.9. The van der Waals surface area contributed by atoms with Gasteiger partial charge in [-0.05, 0) is 80.2 Å². The molecule has 1 amide bonds. The van der Waals surface area contributed by atoms with Gasteiger partial charge in [0.05, 0.1) is 23.9 Å². The molecule has 5 heterocycles. The summed E-state index contributed by atoms with van der Waals surface area (Å²) in [6.07, 6.45) is 1.37. The molecule has 12 heteroatoms. The molecule has 3 atom stereocenters. The second kappa shape index (κ2) is 14.7. The number of amides is 1. The van der Waals surface area contributed by atoms with Crippen LogP contribution in [0, 0.1) is 13.8 Å². The molecule has 0 saturated carbocycles. The van der Waals surface area contributed by atoms with Gasteiger partial charge in [-0.15, -0.1) is 0 Å². The number of carbonyl (C=O) groups excluding carboxylic acids is 1. The lowest BCUT2D eigenvalue weighted by molar-refractivity contribution is -0.143. The quantitative estimate of drug-likeness (QED) is 0.113. The predicted octanol–water partition coefficient (Wildman–Crippen LogP) is 5.95. The number of carboxylic acid groups (broad SMARTS) is 2. The molecule has 3 aromatic heterocycles. The van der Waals surface area contributed by atoms with Gasteiger partial charge in [-0.1, -0.05) is 32.2 Å². The number of H-pyrrole nitrogens is 2. The van der Waals surface area contributed by atoms with Crippen molar-refractivity contribution in [2.45, 2.75) is 84.0 Å². The number of rotatable bonds is 12. The number of fused-ring (bicyclic) bond motifs is 8. The molecule has 2 unspecified atom stereocenters. The van der Waals surface area contributed by atoms with E-state index in [1.165, 1.54) is 0 Å². The number of hydrogen-bond donors (Lipinski definition) is 7. The third kappa shape index (κ3) is 7.31. The topological polar surface area (TPSA) is 202 Å². The van der Waals surface area contributed by atoms with Crippen LogP contribution in [0.25, 0.3) is 45.4 Å². The van der Waals surface area contributed by atoms with Gasteiger partial charge in [0.15, 0.2) is 6.29 Å². The van der Waals surface area contributed by atoms with Gasteiger partial charge in [0.2, 0.25) is 5.91 Å². The van der Waals surface area contributed by atoms with E-state index in [-0.39, 0.29) is 31.1 Å². The number of allylic oxidation sites excluding steroid dienone is 2. The second-order valence-corrected chi connectivity index (χ2v) is 12.9. The summed E-state index contributed by atoms with van der Waals surface area (Å²) >= 11 is 0. The predicted molar refractivity (Wildman–Crippen MR) is 193 cm³/mol. The first-order valence-electron chi connectivity index (χ1n) is 16.5. The van der Waals surface area contributed by atoms with Crippen LogP contribution in [0.3, 0.4) is 0 Å². The number of carbonyl (C=O) groups is 3. The minimum atomic E-state index is -2.04. The molecule has 0 aromatic carbocycles. The number of aryl methyl sites for hydroxylation is 2. The Balaban J connectivity index is 1.74. The molecule has 50 heavy (non-hydrogen) atoms. The summed E-state index contributed by atoms with van der Waals surface area (Å²) in [6, 6.07) is 6.47. The van der Waals surface area contributed by atoms with Gasteiger partial charge in [-0.2, -0.15) is 0 Å². The number of aliphatic carboxylic acids is 2. The van der Waals surface area contributed by atoms with Crippen molar-refractivity contribution in [3.8, 4) is 0 Å². The van der Waals surface area contributed by atoms with Crippen molar-refractivity contribution in [1.82, 2.24) is 25.3 Å². The van der Waals surface area contributed by atoms with E-state index in [0.29, 0.717) is 23.5 Å². The molecule has 12 nitrogen and oxygen atoms in total. The fourth-order valence-electron chi connectivity index (χ4n) is 6.83. The van der Waals surface area contributed by atoms with Crippen molar-refractivity contribution in [3.05, 3.63) is 82.5 Å². The van der Waals surface area contributed by atoms with Gasteiger partial charge in [0.1, 0.15) is 0 Å². The van der Waals surface area contributed by atoms with Crippen LogP contribution in [-0.2, 0) is 14.4 Å². The highest BCUT2D eigenvalue weighted by Crippen LogP contribution is 2.41. The molecule has 2 aliphatic rings. The SMILES string of the molecule is C=Cc1c(C)c2cc3[nH]c(cc4nc(cc5nc(cc1[nH]2)C(C)=C5CCC(=O)N[C@@H](CC(=O)O)C(O)O)C(CCC(=O)O)C4C)c(C)c3C=C. The fourth-order valence-corrected chi connectivity index (χ4v) is 6.83. The average Bonchev–Trinajstić information content (AvgIpc) is 3.71. The van der Waals surface area contributed by atoms with E-state index in [9.17, 15) is 29.7 Å². The van der Waals surface area contributed by atoms with Crippen molar-refractivity contribution in [2.75, 3.05) is 0 Å². The Hall–Kier alpha value is -5.33. The van der Waals surface area contributed by atoms with Gasteiger partial charge < -0.3 is 35.7 Å². The molecule has 7 N–H and O–H groups in total. The van der Waals surface area contributed by atoms with Crippen molar-refractivity contribution < 1.29 is 34.8 Å². The number of nitrogens with zero attached hydrogens (tertiary/aromatic N) is 2. The third-order valence-electron chi connectivity index (χ3n) is 9.76. The third-order valence-corrected chi connectivity index (χ3v) is 9.76. The first-order valence-corrected chi connectivity index (χ1v) is 16.5. The molecule has 0 fully saturated rings. The number of nitrogens with one attached hydrogen (secondary N) is 3. The Bertz CT molecular complexity index is 2090. The summed E-state index contributed by atoms with van der Waals surface area (Å²) in [4.78, 5) is 52.9. The summed E-state index contributed by atoms with van der Waals surface area (Å²) in [5.74, 6) is -3.05. The summed E-state index contributed by atoms with van der Waals surface area (Å²) in [5.41, 5.74) is 11.5. The highest BCUT2D eigenvalue weighted by atomic mass is 16.5. The van der Waals surface area contributed by atoms with E-state index in [4.69, 9.17) is 15.1 Å². The number of aromatic nitrogens is 4. The highest BCUT2D eigenvalue weighted by Gasteiger charge is 2.31. The number of hydrogen-bond acceptors (Lipinski definition) is 7. The Morgan fingerprint density at radius 3 is 2.04 bits per heavy atom. The number of aliphatic hydroxyl groups excluding tert-OH is 1. The zero-order valence-electron chi connectivity index (χ0n) is 28.6. The number of carboxylic acids is 2. The Morgan fingerprint density at radius 2 is 1.46 bits per heavy atom. The number of aromatic amines is 2. The summed E-state index contributed by atoms with van der Waals surface area (Å²) in [5, 5.41) is 40.3. The highest BCUT2D eigenvalue weighted by molar-refractivity contribution is 5.94. The zero-order chi connectivity index (χ0) is 36.4. The molecule has 5 rings (SSSR count). The molecule has 8 bridgehead atoms. The van der Waals surface area contributed by atoms with E-state index in [2.05, 4.69) is 28.4 Å². The zero-order valence-corrected chi connectivity index (χ0v) is 28.6. The van der Waals surface area contributed by atoms with Crippen LogP contribution >= 0.6 is 0 Å². The maximum absolute atomic E-state index is 12.9.